The van der Waals surface area contributed by atoms with E-state index in [-0.39, 0.29) is 5.82 Å². The highest BCUT2D eigenvalue weighted by Gasteiger charge is 2.01. The molecule has 2 aromatic carbocycles. The predicted octanol–water partition coefficient (Wildman–Crippen LogP) is 4.54. The maximum atomic E-state index is 13.0. The molecule has 0 radical (unpaired) electrons. The third kappa shape index (κ3) is 3.98. The van der Waals surface area contributed by atoms with Crippen molar-refractivity contribution in [2.24, 2.45) is 0 Å². The van der Waals surface area contributed by atoms with Crippen LogP contribution in [0.1, 0.15) is 24.5 Å². The van der Waals surface area contributed by atoms with Crippen molar-refractivity contribution in [3.8, 4) is 5.75 Å². The van der Waals surface area contributed by atoms with Crippen LogP contribution in [-0.2, 0) is 6.54 Å². The van der Waals surface area contributed by atoms with Crippen LogP contribution in [0, 0.1) is 12.7 Å². The molecule has 2 rings (SSSR count). The molecule has 1 N–H and O–H groups in total. The van der Waals surface area contributed by atoms with E-state index >= 15 is 0 Å². The lowest BCUT2D eigenvalue weighted by Crippen LogP contribution is -2.02. The minimum atomic E-state index is -0.193. The summed E-state index contributed by atoms with van der Waals surface area (Å²) in [5.41, 5.74) is 3.05. The van der Waals surface area contributed by atoms with Crippen LogP contribution in [0.25, 0.3) is 0 Å². The highest BCUT2D eigenvalue weighted by Crippen LogP contribution is 2.19. The maximum Gasteiger partial charge on any atom is 0.123 e. The minimum absolute atomic E-state index is 0.193. The molecule has 20 heavy (non-hydrogen) atoms. The molecule has 106 valence electrons. The fourth-order valence-corrected chi connectivity index (χ4v) is 1.97. The Morgan fingerprint density at radius 3 is 2.75 bits per heavy atom. The number of rotatable bonds is 6. The van der Waals surface area contributed by atoms with E-state index < -0.39 is 0 Å². The SMILES string of the molecule is CCCOc1cccc(NCc2ccc(F)cc2C)c1. The molecule has 0 amide bonds. The van der Waals surface area contributed by atoms with Crippen LogP contribution in [0.5, 0.6) is 5.75 Å². The fourth-order valence-electron chi connectivity index (χ4n) is 1.97. The van der Waals surface area contributed by atoms with Gasteiger partial charge < -0.3 is 10.1 Å². The molecule has 0 aliphatic carbocycles. The van der Waals surface area contributed by atoms with Crippen LogP contribution in [0.15, 0.2) is 42.5 Å². The van der Waals surface area contributed by atoms with Crippen LogP contribution < -0.4 is 10.1 Å². The Morgan fingerprint density at radius 1 is 1.15 bits per heavy atom. The monoisotopic (exact) mass is 273 g/mol. The molecule has 2 nitrogen and oxygen atoms in total. The van der Waals surface area contributed by atoms with Crippen LogP contribution in [-0.4, -0.2) is 6.61 Å². The summed E-state index contributed by atoms with van der Waals surface area (Å²) in [6.07, 6.45) is 0.992. The van der Waals surface area contributed by atoms with Crippen molar-refractivity contribution in [1.29, 1.82) is 0 Å². The molecular weight excluding hydrogens is 253 g/mol. The summed E-state index contributed by atoms with van der Waals surface area (Å²) in [5, 5.41) is 3.34. The lowest BCUT2D eigenvalue weighted by Gasteiger charge is -2.11. The first kappa shape index (κ1) is 14.4. The molecule has 0 bridgehead atoms. The largest absolute Gasteiger partial charge is 0.494 e. The molecule has 0 fully saturated rings. The van der Waals surface area contributed by atoms with Gasteiger partial charge in [0, 0.05) is 18.3 Å². The molecule has 0 heterocycles. The lowest BCUT2D eigenvalue weighted by molar-refractivity contribution is 0.317. The summed E-state index contributed by atoms with van der Waals surface area (Å²) in [4.78, 5) is 0. The normalized spacial score (nSPS) is 10.3. The molecule has 0 aliphatic rings. The van der Waals surface area contributed by atoms with E-state index in [1.54, 1.807) is 6.07 Å². The number of nitrogens with one attached hydrogen (secondary N) is 1. The molecule has 0 aromatic heterocycles. The zero-order valence-electron chi connectivity index (χ0n) is 11.9. The van der Waals surface area contributed by atoms with Gasteiger partial charge in [-0.25, -0.2) is 4.39 Å². The van der Waals surface area contributed by atoms with Gasteiger partial charge in [-0.05, 0) is 48.7 Å². The van der Waals surface area contributed by atoms with Gasteiger partial charge in [-0.2, -0.15) is 0 Å². The maximum absolute atomic E-state index is 13.0. The molecule has 0 spiro atoms. The van der Waals surface area contributed by atoms with Crippen molar-refractivity contribution >= 4 is 5.69 Å². The van der Waals surface area contributed by atoms with Crippen LogP contribution in [0.4, 0.5) is 10.1 Å². The van der Waals surface area contributed by atoms with Gasteiger partial charge in [-0.1, -0.05) is 19.1 Å². The highest BCUT2D eigenvalue weighted by molar-refractivity contribution is 5.48. The van der Waals surface area contributed by atoms with Crippen LogP contribution in [0.2, 0.25) is 0 Å². The van der Waals surface area contributed by atoms with Crippen LogP contribution in [0.3, 0.4) is 0 Å². The van der Waals surface area contributed by atoms with Crippen LogP contribution >= 0.6 is 0 Å². The summed E-state index contributed by atoms with van der Waals surface area (Å²) >= 11 is 0. The van der Waals surface area contributed by atoms with Gasteiger partial charge in [0.25, 0.3) is 0 Å². The summed E-state index contributed by atoms with van der Waals surface area (Å²) < 4.78 is 18.6. The fraction of sp³-hybridized carbons (Fsp3) is 0.294. The first-order valence-electron chi connectivity index (χ1n) is 6.91. The summed E-state index contributed by atoms with van der Waals surface area (Å²) in [6, 6.07) is 12.7. The Bertz CT molecular complexity index is 569. The number of anilines is 1. The van der Waals surface area contributed by atoms with Gasteiger partial charge in [-0.3, -0.25) is 0 Å². The number of aryl methyl sites for hydroxylation is 1. The molecule has 0 saturated carbocycles. The Morgan fingerprint density at radius 2 is 2.00 bits per heavy atom. The van der Waals surface area contributed by atoms with E-state index in [0.29, 0.717) is 6.54 Å². The smallest absolute Gasteiger partial charge is 0.123 e. The van der Waals surface area contributed by atoms with Gasteiger partial charge in [0.1, 0.15) is 11.6 Å². The zero-order valence-corrected chi connectivity index (χ0v) is 11.9. The predicted molar refractivity (Wildman–Crippen MR) is 80.7 cm³/mol. The number of hydrogen-bond acceptors (Lipinski definition) is 2. The summed E-state index contributed by atoms with van der Waals surface area (Å²) in [6.45, 7) is 5.39. The average Bonchev–Trinajstić information content (AvgIpc) is 2.45. The second kappa shape index (κ2) is 6.94. The van der Waals surface area contributed by atoms with E-state index in [2.05, 4.69) is 12.2 Å². The number of hydrogen-bond donors (Lipinski definition) is 1. The highest BCUT2D eigenvalue weighted by atomic mass is 19.1. The first-order valence-corrected chi connectivity index (χ1v) is 6.91. The zero-order chi connectivity index (χ0) is 14.4. The van der Waals surface area contributed by atoms with E-state index in [4.69, 9.17) is 4.74 Å². The van der Waals surface area contributed by atoms with E-state index in [1.807, 2.05) is 37.3 Å². The van der Waals surface area contributed by atoms with E-state index in [1.165, 1.54) is 6.07 Å². The molecular formula is C17H20FNO. The van der Waals surface area contributed by atoms with Crippen molar-refractivity contribution < 1.29 is 9.13 Å². The number of ether oxygens (including phenoxy) is 1. The Labute approximate surface area is 119 Å². The van der Waals surface area contributed by atoms with Gasteiger partial charge in [0.2, 0.25) is 0 Å². The molecule has 0 saturated heterocycles. The number of benzene rings is 2. The van der Waals surface area contributed by atoms with E-state index in [9.17, 15) is 4.39 Å². The standard InChI is InChI=1S/C17H20FNO/c1-3-9-20-17-6-4-5-16(11-17)19-12-14-7-8-15(18)10-13(14)2/h4-8,10-11,19H,3,9,12H2,1-2H3. The third-order valence-electron chi connectivity index (χ3n) is 3.09. The van der Waals surface area contributed by atoms with Gasteiger partial charge in [-0.15, -0.1) is 0 Å². The molecule has 0 unspecified atom stereocenters. The first-order chi connectivity index (χ1) is 9.69. The lowest BCUT2D eigenvalue weighted by atomic mass is 10.1. The van der Waals surface area contributed by atoms with Crippen molar-refractivity contribution in [3.05, 3.63) is 59.4 Å². The molecule has 3 heteroatoms. The van der Waals surface area contributed by atoms with E-state index in [0.717, 1.165) is 35.6 Å². The Hall–Kier alpha value is -2.03. The average molecular weight is 273 g/mol. The van der Waals surface area contributed by atoms with Gasteiger partial charge >= 0.3 is 0 Å². The Balaban J connectivity index is 1.99. The molecule has 0 atom stereocenters. The third-order valence-corrected chi connectivity index (χ3v) is 3.09. The molecule has 2 aromatic rings. The summed E-state index contributed by atoms with van der Waals surface area (Å²) in [7, 11) is 0. The van der Waals surface area contributed by atoms with Crippen molar-refractivity contribution in [2.75, 3.05) is 11.9 Å². The summed E-state index contributed by atoms with van der Waals surface area (Å²) in [5.74, 6) is 0.675. The molecule has 0 aliphatic heterocycles. The second-order valence-electron chi connectivity index (χ2n) is 4.80. The topological polar surface area (TPSA) is 21.3 Å². The van der Waals surface area contributed by atoms with Crippen molar-refractivity contribution in [1.82, 2.24) is 0 Å². The van der Waals surface area contributed by atoms with Crippen molar-refractivity contribution in [3.63, 3.8) is 0 Å². The Kier molecular flexibility index (Phi) is 4.99. The van der Waals surface area contributed by atoms with Crippen molar-refractivity contribution in [2.45, 2.75) is 26.8 Å². The van der Waals surface area contributed by atoms with Gasteiger partial charge in [0.05, 0.1) is 6.61 Å². The number of halogens is 1. The second-order valence-corrected chi connectivity index (χ2v) is 4.80. The quantitative estimate of drug-likeness (QED) is 0.834. The van der Waals surface area contributed by atoms with Gasteiger partial charge in [0.15, 0.2) is 0 Å². The minimum Gasteiger partial charge on any atom is -0.494 e.